The molecule has 2 saturated heterocycles. The summed E-state index contributed by atoms with van der Waals surface area (Å²) in [4.78, 5) is 32.1. The van der Waals surface area contributed by atoms with Gasteiger partial charge in [-0.3, -0.25) is 4.90 Å². The van der Waals surface area contributed by atoms with Crippen molar-refractivity contribution in [2.75, 3.05) is 51.4 Å². The van der Waals surface area contributed by atoms with Crippen LogP contribution in [0.1, 0.15) is 63.4 Å². The van der Waals surface area contributed by atoms with Gasteiger partial charge in [-0.25, -0.2) is 14.0 Å². The number of piperidine rings is 2. The Kier molecular flexibility index (Phi) is 7.24. The summed E-state index contributed by atoms with van der Waals surface area (Å²) in [6.07, 6.45) is 8.86. The lowest BCUT2D eigenvalue weighted by Crippen LogP contribution is -2.50. The van der Waals surface area contributed by atoms with E-state index in [4.69, 9.17) is 14.2 Å². The highest BCUT2D eigenvalue weighted by Crippen LogP contribution is 2.49. The highest BCUT2D eigenvalue weighted by atomic mass is 19.1. The standard InChI is InChI=1S/C29H40FN3O5/c1-36-14-15-37-27(34)33-19-29(24-17-21(30)7-8-25(24)33)9-12-31(13-10-29)22-16-20-4-3-11-32(26(20)18-22)28(35)38-23-5-2-6-23/h7-8,17,20,22-23,26H,2-6,9-16,18-19H2,1H3. The van der Waals surface area contributed by atoms with Crippen molar-refractivity contribution in [3.8, 4) is 0 Å². The van der Waals surface area contributed by atoms with Gasteiger partial charge in [0.15, 0.2) is 0 Å². The number of amides is 2. The number of nitrogens with zero attached hydrogens (tertiary/aromatic N) is 3. The SMILES string of the molecule is COCCOC(=O)N1CC2(CCN(C3CC4CCCN(C(=O)OC5CCC5)C4C3)CC2)c2cc(F)ccc21. The Morgan fingerprint density at radius 2 is 1.84 bits per heavy atom. The van der Waals surface area contributed by atoms with E-state index in [0.717, 1.165) is 82.3 Å². The molecule has 9 heteroatoms. The van der Waals surface area contributed by atoms with E-state index >= 15 is 0 Å². The first-order valence-electron chi connectivity index (χ1n) is 14.4. The summed E-state index contributed by atoms with van der Waals surface area (Å²) in [6.45, 7) is 3.66. The molecule has 2 aliphatic carbocycles. The molecule has 3 heterocycles. The van der Waals surface area contributed by atoms with Crippen molar-refractivity contribution in [1.82, 2.24) is 9.80 Å². The molecular weight excluding hydrogens is 489 g/mol. The Hall–Kier alpha value is -2.39. The van der Waals surface area contributed by atoms with E-state index < -0.39 is 6.09 Å². The molecular formula is C29H40FN3O5. The fraction of sp³-hybridized carbons (Fsp3) is 0.724. The summed E-state index contributed by atoms with van der Waals surface area (Å²) in [7, 11) is 1.57. The highest BCUT2D eigenvalue weighted by molar-refractivity contribution is 5.91. The number of fused-ring (bicyclic) bond motifs is 3. The number of halogens is 1. The van der Waals surface area contributed by atoms with Gasteiger partial charge < -0.3 is 24.0 Å². The van der Waals surface area contributed by atoms with E-state index in [1.54, 1.807) is 24.1 Å². The molecule has 0 aromatic heterocycles. The first-order valence-corrected chi connectivity index (χ1v) is 14.4. The maximum atomic E-state index is 14.4. The van der Waals surface area contributed by atoms with Crippen LogP contribution in [0.3, 0.4) is 0 Å². The van der Waals surface area contributed by atoms with Crippen LogP contribution < -0.4 is 4.90 Å². The number of benzene rings is 1. The van der Waals surface area contributed by atoms with Gasteiger partial charge in [0.25, 0.3) is 0 Å². The third-order valence-electron chi connectivity index (χ3n) is 9.85. The summed E-state index contributed by atoms with van der Waals surface area (Å²) < 4.78 is 30.6. The van der Waals surface area contributed by atoms with E-state index in [2.05, 4.69) is 4.90 Å². The third-order valence-corrected chi connectivity index (χ3v) is 9.85. The van der Waals surface area contributed by atoms with Gasteiger partial charge in [-0.05, 0) is 101 Å². The van der Waals surface area contributed by atoms with E-state index in [0.29, 0.717) is 25.1 Å². The second-order valence-corrected chi connectivity index (χ2v) is 11.9. The Bertz CT molecular complexity index is 1040. The van der Waals surface area contributed by atoms with Crippen molar-refractivity contribution in [2.24, 2.45) is 5.92 Å². The van der Waals surface area contributed by atoms with Gasteiger partial charge in [0.05, 0.1) is 12.3 Å². The van der Waals surface area contributed by atoms with Crippen LogP contribution >= 0.6 is 0 Å². The van der Waals surface area contributed by atoms with E-state index in [1.165, 1.54) is 12.5 Å². The molecule has 0 N–H and O–H groups in total. The molecule has 1 spiro atoms. The first-order chi connectivity index (χ1) is 18.5. The number of carbonyl (C=O) groups is 2. The van der Waals surface area contributed by atoms with E-state index in [9.17, 15) is 14.0 Å². The third kappa shape index (κ3) is 4.76. The minimum absolute atomic E-state index is 0.107. The molecule has 4 fully saturated rings. The summed E-state index contributed by atoms with van der Waals surface area (Å²) in [5.74, 6) is 0.270. The van der Waals surface area contributed by atoms with Gasteiger partial charge >= 0.3 is 12.2 Å². The van der Waals surface area contributed by atoms with Crippen LogP contribution in [0.4, 0.5) is 19.7 Å². The topological polar surface area (TPSA) is 71.6 Å². The first kappa shape index (κ1) is 25.9. The second-order valence-electron chi connectivity index (χ2n) is 11.9. The van der Waals surface area contributed by atoms with Crippen LogP contribution in [-0.4, -0.2) is 86.7 Å². The molecule has 208 valence electrons. The molecule has 1 aromatic carbocycles. The summed E-state index contributed by atoms with van der Waals surface area (Å²) in [6, 6.07) is 5.47. The average molecular weight is 530 g/mol. The van der Waals surface area contributed by atoms with Crippen LogP contribution in [0.15, 0.2) is 18.2 Å². The number of likely N-dealkylation sites (tertiary alicyclic amines) is 2. The van der Waals surface area contributed by atoms with Gasteiger partial charge in [-0.2, -0.15) is 0 Å². The maximum absolute atomic E-state index is 14.4. The monoisotopic (exact) mass is 529 g/mol. The zero-order valence-corrected chi connectivity index (χ0v) is 22.4. The van der Waals surface area contributed by atoms with Gasteiger partial charge in [-0.1, -0.05) is 0 Å². The number of methoxy groups -OCH3 is 1. The smallest absolute Gasteiger partial charge is 0.414 e. The normalized spacial score (nSPS) is 28.6. The molecule has 3 atom stereocenters. The number of anilines is 1. The Labute approximate surface area is 224 Å². The Balaban J connectivity index is 1.11. The number of hydrogen-bond donors (Lipinski definition) is 0. The van der Waals surface area contributed by atoms with Crippen LogP contribution in [0, 0.1) is 11.7 Å². The number of hydrogen-bond acceptors (Lipinski definition) is 6. The molecule has 3 aliphatic heterocycles. The van der Waals surface area contributed by atoms with Crippen molar-refractivity contribution in [3.05, 3.63) is 29.6 Å². The zero-order valence-electron chi connectivity index (χ0n) is 22.4. The van der Waals surface area contributed by atoms with Crippen LogP contribution in [0.2, 0.25) is 0 Å². The lowest BCUT2D eigenvalue weighted by molar-refractivity contribution is 0.00657. The minimum Gasteiger partial charge on any atom is -0.447 e. The largest absolute Gasteiger partial charge is 0.447 e. The molecule has 6 rings (SSSR count). The molecule has 8 nitrogen and oxygen atoms in total. The molecule has 2 amide bonds. The van der Waals surface area contributed by atoms with E-state index in [1.807, 2.05) is 4.90 Å². The maximum Gasteiger partial charge on any atom is 0.414 e. The van der Waals surface area contributed by atoms with E-state index in [-0.39, 0.29) is 36.1 Å². The quantitative estimate of drug-likeness (QED) is 0.516. The molecule has 3 unspecified atom stereocenters. The molecule has 5 aliphatic rings. The summed E-state index contributed by atoms with van der Waals surface area (Å²) >= 11 is 0. The van der Waals surface area contributed by atoms with Gasteiger partial charge in [0.2, 0.25) is 0 Å². The average Bonchev–Trinajstić information content (AvgIpc) is 3.46. The molecule has 0 bridgehead atoms. The number of rotatable bonds is 5. The van der Waals surface area contributed by atoms with Crippen LogP contribution in [-0.2, 0) is 19.6 Å². The van der Waals surface area contributed by atoms with Crippen LogP contribution in [0.5, 0.6) is 0 Å². The van der Waals surface area contributed by atoms with Gasteiger partial charge in [0.1, 0.15) is 18.5 Å². The molecule has 1 aromatic rings. The summed E-state index contributed by atoms with van der Waals surface area (Å²) in [5, 5.41) is 0. The predicted molar refractivity (Wildman–Crippen MR) is 140 cm³/mol. The van der Waals surface area contributed by atoms with Crippen molar-refractivity contribution < 1.29 is 28.2 Å². The fourth-order valence-corrected chi connectivity index (χ4v) is 7.52. The minimum atomic E-state index is -0.400. The summed E-state index contributed by atoms with van der Waals surface area (Å²) in [5.41, 5.74) is 1.42. The lowest BCUT2D eigenvalue weighted by atomic mass is 9.74. The van der Waals surface area contributed by atoms with Gasteiger partial charge in [-0.15, -0.1) is 0 Å². The van der Waals surface area contributed by atoms with Crippen molar-refractivity contribution in [1.29, 1.82) is 0 Å². The lowest BCUT2D eigenvalue weighted by Gasteiger charge is -2.42. The van der Waals surface area contributed by atoms with Gasteiger partial charge in [0, 0.05) is 37.7 Å². The van der Waals surface area contributed by atoms with Crippen molar-refractivity contribution in [3.63, 3.8) is 0 Å². The number of ether oxygens (including phenoxy) is 3. The zero-order chi connectivity index (χ0) is 26.3. The van der Waals surface area contributed by atoms with Crippen LogP contribution in [0.25, 0.3) is 0 Å². The molecule has 38 heavy (non-hydrogen) atoms. The highest BCUT2D eigenvalue weighted by Gasteiger charge is 2.50. The van der Waals surface area contributed by atoms with Crippen molar-refractivity contribution in [2.45, 2.75) is 81.4 Å². The molecule has 2 saturated carbocycles. The predicted octanol–water partition coefficient (Wildman–Crippen LogP) is 4.69. The Morgan fingerprint density at radius 1 is 1.03 bits per heavy atom. The fourth-order valence-electron chi connectivity index (χ4n) is 7.52. The second kappa shape index (κ2) is 10.6. The Morgan fingerprint density at radius 3 is 2.58 bits per heavy atom. The molecule has 0 radical (unpaired) electrons. The number of carbonyl (C=O) groups excluding carboxylic acids is 2. The van der Waals surface area contributed by atoms with Crippen molar-refractivity contribution >= 4 is 17.9 Å².